The molecule has 2 N–H and O–H groups in total. The smallest absolute Gasteiger partial charge is 0.213 e. The molecular weight excluding hydrogens is 178 g/mol. The summed E-state index contributed by atoms with van der Waals surface area (Å²) in [5.41, 5.74) is 0.983. The third kappa shape index (κ3) is 1.79. The summed E-state index contributed by atoms with van der Waals surface area (Å²) in [4.78, 5) is 14.0. The molecule has 0 fully saturated rings. The molecule has 5 nitrogen and oxygen atoms in total. The summed E-state index contributed by atoms with van der Waals surface area (Å²) >= 11 is 1.27. The lowest BCUT2D eigenvalue weighted by Crippen LogP contribution is -1.97. The van der Waals surface area contributed by atoms with Crippen LogP contribution >= 0.6 is 11.3 Å². The minimum atomic E-state index is 0.421. The van der Waals surface area contributed by atoms with E-state index in [-0.39, 0.29) is 0 Å². The van der Waals surface area contributed by atoms with E-state index in [9.17, 15) is 4.79 Å². The van der Waals surface area contributed by atoms with Gasteiger partial charge in [-0.1, -0.05) is 5.16 Å². The average Bonchev–Trinajstić information content (AvgIpc) is 2.52. The lowest BCUT2D eigenvalue weighted by Gasteiger charge is -1.89. The van der Waals surface area contributed by atoms with Crippen molar-refractivity contribution in [2.24, 2.45) is 5.16 Å². The fourth-order valence-corrected chi connectivity index (χ4v) is 1.32. The molecule has 1 rings (SSSR count). The Labute approximate surface area is 72.7 Å². The fraction of sp³-hybridized carbons (Fsp3) is 0.167. The van der Waals surface area contributed by atoms with Crippen molar-refractivity contribution >= 4 is 28.6 Å². The van der Waals surface area contributed by atoms with E-state index in [2.05, 4.69) is 15.5 Å². The Bertz CT molecular complexity index is 307. The van der Waals surface area contributed by atoms with Crippen LogP contribution in [0.4, 0.5) is 5.13 Å². The summed E-state index contributed by atoms with van der Waals surface area (Å²) in [6.45, 7) is 1.62. The molecular formula is C6H7N3O2S. The van der Waals surface area contributed by atoms with Crippen molar-refractivity contribution in [3.05, 3.63) is 11.1 Å². The molecule has 0 atom stereocenters. The summed E-state index contributed by atoms with van der Waals surface area (Å²) < 4.78 is 0. The zero-order chi connectivity index (χ0) is 8.97. The first-order valence-corrected chi connectivity index (χ1v) is 4.00. The van der Waals surface area contributed by atoms with Gasteiger partial charge in [0.05, 0.1) is 0 Å². The van der Waals surface area contributed by atoms with Gasteiger partial charge >= 0.3 is 0 Å². The molecule has 64 valence electrons. The largest absolute Gasteiger partial charge is 0.411 e. The van der Waals surface area contributed by atoms with E-state index in [1.54, 1.807) is 12.3 Å². The Hall–Kier alpha value is -1.43. The van der Waals surface area contributed by atoms with Gasteiger partial charge in [0, 0.05) is 5.38 Å². The number of thiazole rings is 1. The number of nitrogens with one attached hydrogen (secondary N) is 1. The molecule has 0 aliphatic rings. The van der Waals surface area contributed by atoms with E-state index >= 15 is 0 Å². The molecule has 0 bridgehead atoms. The second-order valence-corrected chi connectivity index (χ2v) is 2.84. The highest BCUT2D eigenvalue weighted by Crippen LogP contribution is 2.14. The Morgan fingerprint density at radius 1 is 1.92 bits per heavy atom. The number of rotatable bonds is 3. The van der Waals surface area contributed by atoms with Crippen molar-refractivity contribution in [2.75, 3.05) is 5.32 Å². The van der Waals surface area contributed by atoms with Crippen molar-refractivity contribution in [1.29, 1.82) is 0 Å². The first kappa shape index (κ1) is 8.66. The third-order valence-electron chi connectivity index (χ3n) is 1.21. The normalized spacial score (nSPS) is 11.2. The molecule has 1 amide bonds. The first-order chi connectivity index (χ1) is 5.77. The minimum absolute atomic E-state index is 0.421. The monoisotopic (exact) mass is 185 g/mol. The van der Waals surface area contributed by atoms with Crippen molar-refractivity contribution in [3.8, 4) is 0 Å². The maximum atomic E-state index is 10.00. The number of hydrogen-bond donors (Lipinski definition) is 2. The Balaban J connectivity index is 2.83. The van der Waals surface area contributed by atoms with Crippen molar-refractivity contribution in [1.82, 2.24) is 4.98 Å². The van der Waals surface area contributed by atoms with Gasteiger partial charge in [-0.2, -0.15) is 0 Å². The van der Waals surface area contributed by atoms with Crippen LogP contribution in [0.25, 0.3) is 0 Å². The van der Waals surface area contributed by atoms with Gasteiger partial charge in [0.1, 0.15) is 11.4 Å². The summed E-state index contributed by atoms with van der Waals surface area (Å²) in [5.74, 6) is 0. The Morgan fingerprint density at radius 3 is 3.25 bits per heavy atom. The van der Waals surface area contributed by atoms with Gasteiger partial charge in [-0.15, -0.1) is 11.3 Å². The first-order valence-electron chi connectivity index (χ1n) is 3.12. The van der Waals surface area contributed by atoms with Crippen LogP contribution in [0.15, 0.2) is 10.5 Å². The summed E-state index contributed by atoms with van der Waals surface area (Å²) in [5, 5.41) is 15.9. The standard InChI is InChI=1S/C6H7N3O2S/c1-4(9-11)5-2-12-6(8-5)7-3-10/h2-3,11H,1H3,(H,7,8,10)/b9-4+. The molecule has 0 radical (unpaired) electrons. The molecule has 0 aliphatic heterocycles. The van der Waals surface area contributed by atoms with E-state index in [1.165, 1.54) is 11.3 Å². The van der Waals surface area contributed by atoms with Gasteiger partial charge in [-0.05, 0) is 6.92 Å². The summed E-state index contributed by atoms with van der Waals surface area (Å²) in [6, 6.07) is 0. The number of carbonyl (C=O) groups is 1. The maximum absolute atomic E-state index is 10.00. The lowest BCUT2D eigenvalue weighted by atomic mass is 10.3. The fourth-order valence-electron chi connectivity index (χ4n) is 0.608. The van der Waals surface area contributed by atoms with Crippen molar-refractivity contribution in [3.63, 3.8) is 0 Å². The zero-order valence-corrected chi connectivity index (χ0v) is 7.13. The van der Waals surface area contributed by atoms with Crippen LogP contribution in [0.3, 0.4) is 0 Å². The van der Waals surface area contributed by atoms with Crippen LogP contribution in [0.5, 0.6) is 0 Å². The number of anilines is 1. The number of aromatic nitrogens is 1. The molecule has 0 saturated heterocycles. The number of nitrogens with zero attached hydrogens (tertiary/aromatic N) is 2. The minimum Gasteiger partial charge on any atom is -0.411 e. The second-order valence-electron chi connectivity index (χ2n) is 1.99. The van der Waals surface area contributed by atoms with Crippen LogP contribution in [-0.4, -0.2) is 22.3 Å². The maximum Gasteiger partial charge on any atom is 0.213 e. The number of amides is 1. The van der Waals surface area contributed by atoms with E-state index in [0.29, 0.717) is 22.9 Å². The predicted molar refractivity (Wildman–Crippen MR) is 45.8 cm³/mol. The number of oxime groups is 1. The van der Waals surface area contributed by atoms with E-state index in [4.69, 9.17) is 5.21 Å². The van der Waals surface area contributed by atoms with Crippen LogP contribution < -0.4 is 5.32 Å². The lowest BCUT2D eigenvalue weighted by molar-refractivity contribution is -0.105. The second kappa shape index (κ2) is 3.82. The van der Waals surface area contributed by atoms with Crippen LogP contribution in [0.2, 0.25) is 0 Å². The molecule has 6 heteroatoms. The average molecular weight is 185 g/mol. The summed E-state index contributed by atoms with van der Waals surface area (Å²) in [6.07, 6.45) is 0.550. The van der Waals surface area contributed by atoms with Crippen LogP contribution in [0, 0.1) is 0 Å². The van der Waals surface area contributed by atoms with Gasteiger partial charge in [0.25, 0.3) is 0 Å². The van der Waals surface area contributed by atoms with Crippen LogP contribution in [-0.2, 0) is 4.79 Å². The summed E-state index contributed by atoms with van der Waals surface area (Å²) in [7, 11) is 0. The number of carbonyl (C=O) groups excluding carboxylic acids is 1. The third-order valence-corrected chi connectivity index (χ3v) is 1.98. The predicted octanol–water partition coefficient (Wildman–Crippen LogP) is 0.910. The SMILES string of the molecule is C/C(=N\O)c1csc(NC=O)n1. The highest BCUT2D eigenvalue weighted by atomic mass is 32.1. The molecule has 1 aromatic rings. The van der Waals surface area contributed by atoms with Gasteiger partial charge in [-0.3, -0.25) is 4.79 Å². The highest BCUT2D eigenvalue weighted by Gasteiger charge is 2.03. The Kier molecular flexibility index (Phi) is 2.76. The van der Waals surface area contributed by atoms with Gasteiger partial charge < -0.3 is 10.5 Å². The van der Waals surface area contributed by atoms with E-state index in [1.807, 2.05) is 0 Å². The quantitative estimate of drug-likeness (QED) is 0.318. The molecule has 0 saturated carbocycles. The Morgan fingerprint density at radius 2 is 2.67 bits per heavy atom. The van der Waals surface area contributed by atoms with Crippen LogP contribution in [0.1, 0.15) is 12.6 Å². The van der Waals surface area contributed by atoms with Gasteiger partial charge in [0.15, 0.2) is 5.13 Å². The molecule has 0 unspecified atom stereocenters. The van der Waals surface area contributed by atoms with E-state index < -0.39 is 0 Å². The molecule has 1 heterocycles. The van der Waals surface area contributed by atoms with Gasteiger partial charge in [0.2, 0.25) is 6.41 Å². The molecule has 0 spiro atoms. The highest BCUT2D eigenvalue weighted by molar-refractivity contribution is 7.14. The molecule has 0 aromatic carbocycles. The molecule has 1 aromatic heterocycles. The molecule has 0 aliphatic carbocycles. The van der Waals surface area contributed by atoms with Gasteiger partial charge in [-0.25, -0.2) is 4.98 Å². The topological polar surface area (TPSA) is 74.6 Å². The van der Waals surface area contributed by atoms with Crippen molar-refractivity contribution < 1.29 is 10.0 Å². The zero-order valence-electron chi connectivity index (χ0n) is 6.31. The van der Waals surface area contributed by atoms with Crippen molar-refractivity contribution in [2.45, 2.75) is 6.92 Å². The number of hydrogen-bond acceptors (Lipinski definition) is 5. The van der Waals surface area contributed by atoms with E-state index in [0.717, 1.165) is 0 Å². The molecule has 12 heavy (non-hydrogen) atoms.